The Labute approximate surface area is 407 Å². The van der Waals surface area contributed by atoms with E-state index in [0.29, 0.717) is 26.1 Å². The minimum Gasteiger partial charge on any atom is -0.494 e. The summed E-state index contributed by atoms with van der Waals surface area (Å²) in [5.74, 6) is 0.554. The number of aliphatic imine (C=N–C) groups is 2. The molecule has 5 rings (SSSR count). The standard InChI is InChI=1S/C60H76N2O6/c1-3-5-7-9-11-15-23-49-27-35-53(36-28-49)61-47-51-31-39-55(40-32-51)65-43-19-13-21-45-67-59(63)57-25-17-18-26-58(57)60(64)68-46-22-14-20-44-66-56-41-33-52(34-42-56)48-62-54-37-29-50(30-38-54)24-16-12-10-8-6-4-2/h17-18,25-42,47-48H,3-16,19-24,43-46H2,1-2H3. The summed E-state index contributed by atoms with van der Waals surface area (Å²) in [4.78, 5) is 35.2. The molecule has 0 aromatic heterocycles. The Balaban J connectivity index is 0.879. The normalized spacial score (nSPS) is 11.3. The lowest BCUT2D eigenvalue weighted by atomic mass is 10.0. The molecule has 5 aromatic carbocycles. The number of nitrogens with zero attached hydrogens (tertiary/aromatic N) is 2. The highest BCUT2D eigenvalue weighted by Crippen LogP contribution is 2.20. The maximum Gasteiger partial charge on any atom is 0.339 e. The third-order valence-electron chi connectivity index (χ3n) is 11.9. The molecule has 0 heterocycles. The van der Waals surface area contributed by atoms with Crippen LogP contribution in [0.15, 0.2) is 131 Å². The number of carbonyl (C=O) groups excluding carboxylic acids is 2. The summed E-state index contributed by atoms with van der Waals surface area (Å²) >= 11 is 0. The van der Waals surface area contributed by atoms with Gasteiger partial charge in [0.25, 0.3) is 0 Å². The summed E-state index contributed by atoms with van der Waals surface area (Å²) in [6, 6.07) is 39.6. The second-order valence-corrected chi connectivity index (χ2v) is 17.7. The number of hydrogen-bond donors (Lipinski definition) is 0. The predicted molar refractivity (Wildman–Crippen MR) is 280 cm³/mol. The monoisotopic (exact) mass is 921 g/mol. The third-order valence-corrected chi connectivity index (χ3v) is 11.9. The van der Waals surface area contributed by atoms with Gasteiger partial charge in [-0.25, -0.2) is 9.59 Å². The Morgan fingerprint density at radius 3 is 1.15 bits per heavy atom. The van der Waals surface area contributed by atoms with E-state index in [2.05, 4.69) is 72.4 Å². The zero-order chi connectivity index (χ0) is 47.7. The largest absolute Gasteiger partial charge is 0.494 e. The quantitative estimate of drug-likeness (QED) is 0.0232. The summed E-state index contributed by atoms with van der Waals surface area (Å²) in [5, 5.41) is 0. The third kappa shape index (κ3) is 21.3. The molecular formula is C60H76N2O6. The van der Waals surface area contributed by atoms with Gasteiger partial charge in [-0.15, -0.1) is 0 Å². The molecule has 0 fully saturated rings. The fraction of sp³-hybridized carbons (Fsp3) is 0.433. The molecule has 0 bridgehead atoms. The second-order valence-electron chi connectivity index (χ2n) is 17.7. The lowest BCUT2D eigenvalue weighted by Crippen LogP contribution is -2.15. The summed E-state index contributed by atoms with van der Waals surface area (Å²) in [7, 11) is 0. The number of unbranched alkanes of at least 4 members (excludes halogenated alkanes) is 14. The van der Waals surface area contributed by atoms with Crippen LogP contribution in [0.1, 0.15) is 172 Å². The molecule has 8 heteroatoms. The van der Waals surface area contributed by atoms with Crippen LogP contribution in [0.4, 0.5) is 11.4 Å². The van der Waals surface area contributed by atoms with Crippen molar-refractivity contribution in [1.29, 1.82) is 0 Å². The van der Waals surface area contributed by atoms with E-state index in [-0.39, 0.29) is 24.3 Å². The Kier molecular flexibility index (Phi) is 25.4. The van der Waals surface area contributed by atoms with E-state index in [1.165, 1.54) is 88.2 Å². The Hall–Kier alpha value is -6.02. The zero-order valence-electron chi connectivity index (χ0n) is 41.0. The highest BCUT2D eigenvalue weighted by Gasteiger charge is 2.19. The number of carbonyl (C=O) groups is 2. The molecule has 0 aliphatic rings. The number of ether oxygens (including phenoxy) is 4. The molecule has 0 aliphatic carbocycles. The average Bonchev–Trinajstić information content (AvgIpc) is 3.37. The SMILES string of the molecule is CCCCCCCCc1ccc(N=Cc2ccc(OCCCCCOC(=O)c3ccccc3C(=O)OCCCCCOc3ccc(C=Nc4ccc(CCCCCCCC)cc4)cc3)cc2)cc1. The molecule has 0 saturated carbocycles. The van der Waals surface area contributed by atoms with Crippen molar-refractivity contribution in [1.82, 2.24) is 0 Å². The van der Waals surface area contributed by atoms with Gasteiger partial charge in [-0.05, 0) is 171 Å². The maximum absolute atomic E-state index is 12.9. The Bertz CT molecular complexity index is 2040. The first-order valence-corrected chi connectivity index (χ1v) is 25.7. The zero-order valence-corrected chi connectivity index (χ0v) is 41.0. The molecule has 362 valence electrons. The van der Waals surface area contributed by atoms with Crippen LogP contribution in [0, 0.1) is 0 Å². The van der Waals surface area contributed by atoms with Crippen molar-refractivity contribution in [3.8, 4) is 11.5 Å². The second kappa shape index (κ2) is 32.6. The van der Waals surface area contributed by atoms with Gasteiger partial charge >= 0.3 is 11.9 Å². The molecule has 68 heavy (non-hydrogen) atoms. The van der Waals surface area contributed by atoms with E-state index in [4.69, 9.17) is 18.9 Å². The number of aryl methyl sites for hydroxylation is 2. The van der Waals surface area contributed by atoms with Crippen LogP contribution in [0.2, 0.25) is 0 Å². The number of rotatable bonds is 34. The van der Waals surface area contributed by atoms with Crippen molar-refractivity contribution < 1.29 is 28.5 Å². The maximum atomic E-state index is 12.9. The molecule has 0 radical (unpaired) electrons. The van der Waals surface area contributed by atoms with Crippen molar-refractivity contribution in [3.05, 3.63) is 155 Å². The summed E-state index contributed by atoms with van der Waals surface area (Å²) < 4.78 is 22.9. The molecule has 8 nitrogen and oxygen atoms in total. The van der Waals surface area contributed by atoms with Gasteiger partial charge in [0, 0.05) is 12.4 Å². The van der Waals surface area contributed by atoms with E-state index < -0.39 is 11.9 Å². The first-order valence-electron chi connectivity index (χ1n) is 25.7. The van der Waals surface area contributed by atoms with E-state index in [1.807, 2.05) is 61.0 Å². The van der Waals surface area contributed by atoms with Gasteiger partial charge in [0.15, 0.2) is 0 Å². The van der Waals surface area contributed by atoms with Gasteiger partial charge in [-0.2, -0.15) is 0 Å². The van der Waals surface area contributed by atoms with Crippen LogP contribution >= 0.6 is 0 Å². The number of hydrogen-bond acceptors (Lipinski definition) is 8. The predicted octanol–water partition coefficient (Wildman–Crippen LogP) is 15.8. The minimum absolute atomic E-state index is 0.212. The van der Waals surface area contributed by atoms with Crippen molar-refractivity contribution in [2.75, 3.05) is 26.4 Å². The van der Waals surface area contributed by atoms with E-state index in [9.17, 15) is 9.59 Å². The molecule has 5 aromatic rings. The molecule has 0 saturated heterocycles. The molecule has 0 spiro atoms. The van der Waals surface area contributed by atoms with Gasteiger partial charge in [-0.1, -0.05) is 114 Å². The van der Waals surface area contributed by atoms with Crippen molar-refractivity contribution in [3.63, 3.8) is 0 Å². The van der Waals surface area contributed by atoms with E-state index in [0.717, 1.165) is 72.5 Å². The lowest BCUT2D eigenvalue weighted by molar-refractivity contribution is 0.0449. The highest BCUT2D eigenvalue weighted by atomic mass is 16.5. The highest BCUT2D eigenvalue weighted by molar-refractivity contribution is 6.03. The molecule has 0 unspecified atom stereocenters. The van der Waals surface area contributed by atoms with Crippen molar-refractivity contribution >= 4 is 35.7 Å². The van der Waals surface area contributed by atoms with Crippen LogP contribution in [-0.2, 0) is 22.3 Å². The average molecular weight is 921 g/mol. The van der Waals surface area contributed by atoms with E-state index in [1.54, 1.807) is 24.3 Å². The molecular weight excluding hydrogens is 845 g/mol. The van der Waals surface area contributed by atoms with Crippen molar-refractivity contribution in [2.24, 2.45) is 9.98 Å². The van der Waals surface area contributed by atoms with Gasteiger partial charge in [-0.3, -0.25) is 9.98 Å². The Morgan fingerprint density at radius 2 is 0.750 bits per heavy atom. The van der Waals surface area contributed by atoms with Gasteiger partial charge < -0.3 is 18.9 Å². The fourth-order valence-electron chi connectivity index (χ4n) is 7.78. The van der Waals surface area contributed by atoms with Crippen molar-refractivity contribution in [2.45, 2.75) is 142 Å². The molecule has 0 amide bonds. The van der Waals surface area contributed by atoms with Gasteiger partial charge in [0.1, 0.15) is 11.5 Å². The topological polar surface area (TPSA) is 95.8 Å². The van der Waals surface area contributed by atoms with Gasteiger partial charge in [0.2, 0.25) is 0 Å². The van der Waals surface area contributed by atoms with E-state index >= 15 is 0 Å². The number of benzene rings is 5. The summed E-state index contributed by atoms with van der Waals surface area (Å²) in [6.07, 6.45) is 26.5. The first-order chi connectivity index (χ1) is 33.5. The smallest absolute Gasteiger partial charge is 0.339 e. The minimum atomic E-state index is -0.529. The summed E-state index contributed by atoms with van der Waals surface area (Å²) in [5.41, 5.74) is 7.10. The molecule has 0 aliphatic heterocycles. The van der Waals surface area contributed by atoms with Crippen LogP contribution in [-0.4, -0.2) is 50.8 Å². The first kappa shape index (κ1) is 52.9. The van der Waals surface area contributed by atoms with Crippen LogP contribution in [0.25, 0.3) is 0 Å². The van der Waals surface area contributed by atoms with Crippen LogP contribution in [0.5, 0.6) is 11.5 Å². The molecule has 0 N–H and O–H groups in total. The Morgan fingerprint density at radius 1 is 0.397 bits per heavy atom. The van der Waals surface area contributed by atoms with Gasteiger partial charge in [0.05, 0.1) is 48.9 Å². The number of esters is 2. The molecule has 0 atom stereocenters. The lowest BCUT2D eigenvalue weighted by Gasteiger charge is -2.10. The van der Waals surface area contributed by atoms with Crippen LogP contribution < -0.4 is 9.47 Å². The fourth-order valence-corrected chi connectivity index (χ4v) is 7.78. The van der Waals surface area contributed by atoms with Crippen LogP contribution in [0.3, 0.4) is 0 Å². The summed E-state index contributed by atoms with van der Waals surface area (Å²) in [6.45, 7) is 6.15.